The molecule has 40 heavy (non-hydrogen) atoms. The summed E-state index contributed by atoms with van der Waals surface area (Å²) in [6.45, 7) is 0. The molecule has 4 aromatic rings. The van der Waals surface area contributed by atoms with E-state index in [0.29, 0.717) is 28.5 Å². The summed E-state index contributed by atoms with van der Waals surface area (Å²) >= 11 is 0. The first-order chi connectivity index (χ1) is 19.5. The lowest BCUT2D eigenvalue weighted by molar-refractivity contribution is -0.124. The number of phenols is 1. The van der Waals surface area contributed by atoms with Gasteiger partial charge in [-0.3, -0.25) is 20.1 Å². The minimum absolute atomic E-state index is 0.0558. The van der Waals surface area contributed by atoms with Crippen LogP contribution in [0, 0.1) is 0 Å². The Balaban J connectivity index is 1.70. The van der Waals surface area contributed by atoms with Gasteiger partial charge >= 0.3 is 6.09 Å². The Morgan fingerprint density at radius 2 is 1.48 bits per heavy atom. The molecule has 0 heterocycles. The number of allylic oxidation sites excluding steroid dienone is 1. The van der Waals surface area contributed by atoms with Crippen LogP contribution in [0.5, 0.6) is 11.5 Å². The van der Waals surface area contributed by atoms with Crippen molar-refractivity contribution in [1.29, 1.82) is 0 Å². The summed E-state index contributed by atoms with van der Waals surface area (Å²) in [5, 5.41) is 22.7. The maximum Gasteiger partial charge on any atom is 0.414 e. The van der Waals surface area contributed by atoms with Gasteiger partial charge in [0.2, 0.25) is 0 Å². The van der Waals surface area contributed by atoms with Crippen LogP contribution < -0.4 is 15.5 Å². The summed E-state index contributed by atoms with van der Waals surface area (Å²) in [5.74, 6) is -0.739. The highest BCUT2D eigenvalue weighted by Crippen LogP contribution is 2.36. The van der Waals surface area contributed by atoms with Crippen molar-refractivity contribution in [2.24, 2.45) is 0 Å². The van der Waals surface area contributed by atoms with Gasteiger partial charge in [-0.2, -0.15) is 0 Å². The van der Waals surface area contributed by atoms with E-state index < -0.39 is 30.1 Å². The van der Waals surface area contributed by atoms with E-state index in [2.05, 4.69) is 5.32 Å². The maximum absolute atomic E-state index is 13.1. The maximum atomic E-state index is 13.1. The molecule has 0 spiro atoms. The predicted octanol–water partition coefficient (Wildman–Crippen LogP) is 5.44. The number of hydrogen-bond acceptors (Lipinski definition) is 7. The number of carbonyl (C=O) groups excluding carboxylic acids is 3. The molecule has 0 aliphatic carbocycles. The summed E-state index contributed by atoms with van der Waals surface area (Å²) in [5.41, 5.74) is 2.37. The first-order valence-electron chi connectivity index (χ1n) is 12.6. The highest BCUT2D eigenvalue weighted by Gasteiger charge is 2.31. The molecule has 9 nitrogen and oxygen atoms in total. The standard InChI is InChI=1S/C31H28N2O7/c34-26-20-19-25(23-15-7-8-16-24(23)26)29(40-31(37)32-30(36)21-11-3-1-4-12-21)27(17-9-10-18-28(35)33-38)39-22-13-5-2-6-14-22/h1-8,10-16,18-20,27,29,34,38H,9,17H2,(H,33,35)(H,32,36,37)/b18-10+/t27-,29-/m0/s1. The van der Waals surface area contributed by atoms with Crippen LogP contribution in [-0.4, -0.2) is 34.3 Å². The van der Waals surface area contributed by atoms with Crippen LogP contribution in [0.2, 0.25) is 0 Å². The molecule has 0 fully saturated rings. The van der Waals surface area contributed by atoms with E-state index in [9.17, 15) is 19.5 Å². The molecule has 0 unspecified atom stereocenters. The van der Waals surface area contributed by atoms with Crippen molar-refractivity contribution in [1.82, 2.24) is 10.8 Å². The molecule has 4 N–H and O–H groups in total. The molecule has 0 aromatic heterocycles. The van der Waals surface area contributed by atoms with E-state index in [1.165, 1.54) is 17.6 Å². The van der Waals surface area contributed by atoms with Crippen molar-refractivity contribution >= 4 is 28.7 Å². The molecular weight excluding hydrogens is 512 g/mol. The van der Waals surface area contributed by atoms with Gasteiger partial charge in [0.05, 0.1) is 0 Å². The highest BCUT2D eigenvalue weighted by molar-refractivity contribution is 6.03. The monoisotopic (exact) mass is 540 g/mol. The van der Waals surface area contributed by atoms with Crippen molar-refractivity contribution in [3.8, 4) is 11.5 Å². The van der Waals surface area contributed by atoms with E-state index in [1.807, 2.05) is 6.07 Å². The third-order valence-electron chi connectivity index (χ3n) is 6.09. The molecule has 0 saturated carbocycles. The summed E-state index contributed by atoms with van der Waals surface area (Å²) in [6, 6.07) is 27.5. The Hall–Kier alpha value is -5.15. The molecule has 0 saturated heterocycles. The Morgan fingerprint density at radius 1 is 0.825 bits per heavy atom. The fourth-order valence-electron chi connectivity index (χ4n) is 4.23. The Bertz CT molecular complexity index is 1490. The highest BCUT2D eigenvalue weighted by atomic mass is 16.6. The fourth-order valence-corrected chi connectivity index (χ4v) is 4.23. The number of imide groups is 1. The van der Waals surface area contributed by atoms with E-state index in [-0.39, 0.29) is 17.7 Å². The van der Waals surface area contributed by atoms with Crippen LogP contribution in [0.25, 0.3) is 10.8 Å². The summed E-state index contributed by atoms with van der Waals surface area (Å²) in [6.07, 6.45) is 0.543. The number of phenolic OH excluding ortho intramolecular Hbond substituents is 1. The van der Waals surface area contributed by atoms with E-state index in [4.69, 9.17) is 14.7 Å². The normalized spacial score (nSPS) is 12.4. The van der Waals surface area contributed by atoms with Gasteiger partial charge < -0.3 is 14.6 Å². The number of aromatic hydroxyl groups is 1. The minimum atomic E-state index is -1.03. The Kier molecular flexibility index (Phi) is 9.47. The Labute approximate surface area is 230 Å². The van der Waals surface area contributed by atoms with Gasteiger partial charge in [-0.1, -0.05) is 72.8 Å². The number of amides is 3. The number of alkyl carbamates (subject to hydrolysis) is 1. The number of fused-ring (bicyclic) bond motifs is 1. The number of hydroxylamine groups is 1. The van der Waals surface area contributed by atoms with E-state index >= 15 is 0 Å². The van der Waals surface area contributed by atoms with Gasteiger partial charge in [0.1, 0.15) is 17.6 Å². The molecule has 0 aliphatic heterocycles. The quantitative estimate of drug-likeness (QED) is 0.119. The second kappa shape index (κ2) is 13.6. The molecule has 9 heteroatoms. The van der Waals surface area contributed by atoms with Crippen molar-refractivity contribution in [3.05, 3.63) is 120 Å². The van der Waals surface area contributed by atoms with Gasteiger partial charge in [0.15, 0.2) is 6.10 Å². The second-order valence-corrected chi connectivity index (χ2v) is 8.79. The zero-order chi connectivity index (χ0) is 28.3. The lowest BCUT2D eigenvalue weighted by atomic mass is 9.94. The second-order valence-electron chi connectivity index (χ2n) is 8.79. The van der Waals surface area contributed by atoms with Crippen LogP contribution in [0.1, 0.15) is 34.9 Å². The van der Waals surface area contributed by atoms with Gasteiger partial charge in [-0.05, 0) is 48.6 Å². The van der Waals surface area contributed by atoms with Gasteiger partial charge in [0, 0.05) is 22.6 Å². The molecule has 0 bridgehead atoms. The number of benzene rings is 4. The number of hydrogen-bond donors (Lipinski definition) is 4. The number of rotatable bonds is 10. The lowest BCUT2D eigenvalue weighted by Gasteiger charge is -2.29. The van der Waals surface area contributed by atoms with Crippen molar-refractivity contribution in [2.75, 3.05) is 0 Å². The third kappa shape index (κ3) is 7.24. The number of carbonyl (C=O) groups is 3. The van der Waals surface area contributed by atoms with E-state index in [0.717, 1.165) is 0 Å². The van der Waals surface area contributed by atoms with Crippen LogP contribution in [-0.2, 0) is 9.53 Å². The molecule has 0 radical (unpaired) electrons. The molecule has 3 amide bonds. The summed E-state index contributed by atoms with van der Waals surface area (Å²) in [4.78, 5) is 37.2. The third-order valence-corrected chi connectivity index (χ3v) is 6.09. The van der Waals surface area contributed by atoms with Crippen molar-refractivity contribution < 1.29 is 34.2 Å². The fraction of sp³-hybridized carbons (Fsp3) is 0.129. The SMILES string of the molecule is O=C(/C=C/CC[C@H](Oc1ccccc1)[C@@H](OC(=O)NC(=O)c1ccccc1)c1ccc(O)c2ccccc12)NO. The van der Waals surface area contributed by atoms with Gasteiger partial charge in [-0.25, -0.2) is 10.3 Å². The zero-order valence-electron chi connectivity index (χ0n) is 21.4. The lowest BCUT2D eigenvalue weighted by Crippen LogP contribution is -2.36. The molecule has 4 aromatic carbocycles. The first-order valence-corrected chi connectivity index (χ1v) is 12.6. The number of nitrogens with one attached hydrogen (secondary N) is 2. The molecule has 204 valence electrons. The van der Waals surface area contributed by atoms with Crippen molar-refractivity contribution in [2.45, 2.75) is 25.0 Å². The summed E-state index contributed by atoms with van der Waals surface area (Å²) in [7, 11) is 0. The molecule has 2 atom stereocenters. The van der Waals surface area contributed by atoms with Crippen molar-refractivity contribution in [3.63, 3.8) is 0 Å². The average Bonchev–Trinajstić information content (AvgIpc) is 2.99. The summed E-state index contributed by atoms with van der Waals surface area (Å²) < 4.78 is 12.2. The molecular formula is C31H28N2O7. The average molecular weight is 541 g/mol. The van der Waals surface area contributed by atoms with Crippen LogP contribution in [0.4, 0.5) is 4.79 Å². The van der Waals surface area contributed by atoms with Crippen LogP contribution in [0.3, 0.4) is 0 Å². The van der Waals surface area contributed by atoms with E-state index in [1.54, 1.807) is 91.0 Å². The number of para-hydroxylation sites is 1. The smallest absolute Gasteiger partial charge is 0.414 e. The van der Waals surface area contributed by atoms with Crippen LogP contribution in [0.15, 0.2) is 109 Å². The number of ether oxygens (including phenoxy) is 2. The minimum Gasteiger partial charge on any atom is -0.507 e. The largest absolute Gasteiger partial charge is 0.507 e. The van der Waals surface area contributed by atoms with Gasteiger partial charge in [0.25, 0.3) is 11.8 Å². The predicted molar refractivity (Wildman–Crippen MR) is 148 cm³/mol. The zero-order valence-corrected chi connectivity index (χ0v) is 21.4. The van der Waals surface area contributed by atoms with Gasteiger partial charge in [-0.15, -0.1) is 0 Å². The topological polar surface area (TPSA) is 134 Å². The Morgan fingerprint density at radius 3 is 2.17 bits per heavy atom. The van der Waals surface area contributed by atoms with Crippen LogP contribution >= 0.6 is 0 Å². The molecule has 4 rings (SSSR count). The molecule has 0 aliphatic rings. The first kappa shape index (κ1) is 27.9.